The summed E-state index contributed by atoms with van der Waals surface area (Å²) in [6.45, 7) is -0.116. The van der Waals surface area contributed by atoms with Crippen LogP contribution < -0.4 is 15.0 Å². The maximum atomic E-state index is 13.1. The SMILES string of the molecule is O=C(N(Cc1cccnc1)Cc1cc2cc3c(cc2[nH]c1=O)OCCO3)C(F)(F)F. The Morgan fingerprint density at radius 3 is 2.53 bits per heavy atom. The number of aromatic amines is 1. The van der Waals surface area contributed by atoms with Crippen LogP contribution in [0.1, 0.15) is 11.1 Å². The van der Waals surface area contributed by atoms with Gasteiger partial charge in [0, 0.05) is 36.0 Å². The molecule has 0 saturated carbocycles. The molecule has 0 aliphatic carbocycles. The number of nitrogens with zero attached hydrogens (tertiary/aromatic N) is 2. The van der Waals surface area contributed by atoms with Crippen LogP contribution in [-0.4, -0.2) is 40.2 Å². The summed E-state index contributed by atoms with van der Waals surface area (Å²) in [7, 11) is 0. The molecule has 0 fully saturated rings. The van der Waals surface area contributed by atoms with E-state index in [-0.39, 0.29) is 12.1 Å². The van der Waals surface area contributed by atoms with Crippen LogP contribution >= 0.6 is 0 Å². The monoisotopic (exact) mass is 419 g/mol. The first-order valence-electron chi connectivity index (χ1n) is 9.02. The summed E-state index contributed by atoms with van der Waals surface area (Å²) in [6.07, 6.45) is -2.24. The third-order valence-electron chi connectivity index (χ3n) is 4.57. The van der Waals surface area contributed by atoms with Gasteiger partial charge in [-0.3, -0.25) is 14.6 Å². The highest BCUT2D eigenvalue weighted by Gasteiger charge is 2.42. The Morgan fingerprint density at radius 2 is 1.87 bits per heavy atom. The summed E-state index contributed by atoms with van der Waals surface area (Å²) in [5, 5.41) is 0.551. The van der Waals surface area contributed by atoms with E-state index in [2.05, 4.69) is 9.97 Å². The fraction of sp³-hybridized carbons (Fsp3) is 0.250. The average molecular weight is 419 g/mol. The normalized spacial score (nSPS) is 13.3. The zero-order valence-electron chi connectivity index (χ0n) is 15.5. The first-order valence-corrected chi connectivity index (χ1v) is 9.02. The molecule has 3 aromatic rings. The Morgan fingerprint density at radius 1 is 1.13 bits per heavy atom. The second-order valence-electron chi connectivity index (χ2n) is 6.73. The molecule has 0 bridgehead atoms. The minimum Gasteiger partial charge on any atom is -0.486 e. The van der Waals surface area contributed by atoms with Gasteiger partial charge in [-0.05, 0) is 23.8 Å². The van der Waals surface area contributed by atoms with Gasteiger partial charge in [-0.2, -0.15) is 13.2 Å². The Hall–Kier alpha value is -3.56. The van der Waals surface area contributed by atoms with Crippen molar-refractivity contribution in [1.29, 1.82) is 0 Å². The van der Waals surface area contributed by atoms with Gasteiger partial charge in [-0.1, -0.05) is 6.07 Å². The third kappa shape index (κ3) is 4.07. The topological polar surface area (TPSA) is 84.5 Å². The number of halogens is 3. The van der Waals surface area contributed by atoms with Crippen molar-refractivity contribution in [3.8, 4) is 11.5 Å². The minimum atomic E-state index is -5.07. The van der Waals surface area contributed by atoms with Crippen LogP contribution in [0.2, 0.25) is 0 Å². The van der Waals surface area contributed by atoms with E-state index in [9.17, 15) is 22.8 Å². The predicted molar refractivity (Wildman–Crippen MR) is 100 cm³/mol. The van der Waals surface area contributed by atoms with Crippen LogP contribution in [0.5, 0.6) is 11.5 Å². The molecule has 1 aliphatic heterocycles. The number of benzene rings is 1. The van der Waals surface area contributed by atoms with E-state index in [1.54, 1.807) is 24.3 Å². The lowest BCUT2D eigenvalue weighted by Gasteiger charge is -2.24. The Balaban J connectivity index is 1.70. The number of carbonyl (C=O) groups is 1. The molecule has 2 aromatic heterocycles. The summed E-state index contributed by atoms with van der Waals surface area (Å²) in [5.74, 6) is -1.08. The standard InChI is InChI=1S/C20H16F3N3O4/c21-20(22,23)19(28)26(10-12-2-1-3-24-9-12)11-14-6-13-7-16-17(30-5-4-29-16)8-15(13)25-18(14)27/h1-3,6-9H,4-5,10-11H2,(H,25,27). The molecular weight excluding hydrogens is 403 g/mol. The molecule has 3 heterocycles. The number of hydrogen-bond donors (Lipinski definition) is 1. The fourth-order valence-electron chi connectivity index (χ4n) is 3.20. The predicted octanol–water partition coefficient (Wildman–Crippen LogP) is 2.79. The van der Waals surface area contributed by atoms with E-state index >= 15 is 0 Å². The van der Waals surface area contributed by atoms with Crippen LogP contribution in [0.25, 0.3) is 10.9 Å². The number of carbonyl (C=O) groups excluding carboxylic acids is 1. The summed E-state index contributed by atoms with van der Waals surface area (Å²) in [6, 6.07) is 7.80. The molecule has 1 N–H and O–H groups in total. The number of pyridine rings is 2. The van der Waals surface area contributed by atoms with Crippen molar-refractivity contribution in [1.82, 2.24) is 14.9 Å². The van der Waals surface area contributed by atoms with Gasteiger partial charge in [-0.15, -0.1) is 0 Å². The zero-order chi connectivity index (χ0) is 21.3. The molecule has 0 unspecified atom stereocenters. The number of H-pyrrole nitrogens is 1. The van der Waals surface area contributed by atoms with E-state index < -0.39 is 24.2 Å². The molecule has 0 spiro atoms. The fourth-order valence-corrected chi connectivity index (χ4v) is 3.20. The number of hydrogen-bond acceptors (Lipinski definition) is 5. The second-order valence-corrected chi connectivity index (χ2v) is 6.73. The molecule has 0 radical (unpaired) electrons. The van der Waals surface area contributed by atoms with Crippen LogP contribution in [0, 0.1) is 0 Å². The average Bonchev–Trinajstić information content (AvgIpc) is 2.72. The van der Waals surface area contributed by atoms with Gasteiger partial charge >= 0.3 is 12.1 Å². The molecule has 7 nitrogen and oxygen atoms in total. The van der Waals surface area contributed by atoms with Crippen LogP contribution in [-0.2, 0) is 17.9 Å². The number of alkyl halides is 3. The molecular formula is C20H16F3N3O4. The maximum absolute atomic E-state index is 13.1. The largest absolute Gasteiger partial charge is 0.486 e. The van der Waals surface area contributed by atoms with Gasteiger partial charge in [-0.25, -0.2) is 0 Å². The molecule has 4 rings (SSSR count). The molecule has 10 heteroatoms. The number of fused-ring (bicyclic) bond motifs is 2. The molecule has 1 amide bonds. The van der Waals surface area contributed by atoms with Crippen LogP contribution in [0.15, 0.2) is 47.5 Å². The third-order valence-corrected chi connectivity index (χ3v) is 4.57. The quantitative estimate of drug-likeness (QED) is 0.703. The molecule has 30 heavy (non-hydrogen) atoms. The van der Waals surface area contributed by atoms with Gasteiger partial charge < -0.3 is 19.4 Å². The summed E-state index contributed by atoms with van der Waals surface area (Å²) < 4.78 is 50.3. The van der Waals surface area contributed by atoms with Crippen LogP contribution in [0.4, 0.5) is 13.2 Å². The Labute approximate surface area is 168 Å². The lowest BCUT2D eigenvalue weighted by Crippen LogP contribution is -2.41. The Bertz CT molecular complexity index is 1150. The highest BCUT2D eigenvalue weighted by molar-refractivity contribution is 5.84. The first-order chi connectivity index (χ1) is 14.3. The molecule has 0 saturated heterocycles. The van der Waals surface area contributed by atoms with E-state index in [4.69, 9.17) is 9.47 Å². The van der Waals surface area contributed by atoms with Crippen molar-refractivity contribution in [3.05, 3.63) is 64.2 Å². The number of aromatic nitrogens is 2. The lowest BCUT2D eigenvalue weighted by atomic mass is 10.1. The summed E-state index contributed by atoms with van der Waals surface area (Å²) in [5.41, 5.74) is 0.284. The van der Waals surface area contributed by atoms with E-state index in [1.807, 2.05) is 0 Å². The molecule has 1 aliphatic rings. The number of amides is 1. The highest BCUT2D eigenvalue weighted by Crippen LogP contribution is 2.33. The smallest absolute Gasteiger partial charge is 0.471 e. The van der Waals surface area contributed by atoms with Crippen molar-refractivity contribution in [3.63, 3.8) is 0 Å². The van der Waals surface area contributed by atoms with Crippen molar-refractivity contribution in [2.24, 2.45) is 0 Å². The highest BCUT2D eigenvalue weighted by atomic mass is 19.4. The van der Waals surface area contributed by atoms with Gasteiger partial charge in [0.2, 0.25) is 0 Å². The minimum absolute atomic E-state index is 0.0145. The number of ether oxygens (including phenoxy) is 2. The lowest BCUT2D eigenvalue weighted by molar-refractivity contribution is -0.186. The van der Waals surface area contributed by atoms with Crippen molar-refractivity contribution in [2.75, 3.05) is 13.2 Å². The van der Waals surface area contributed by atoms with Crippen molar-refractivity contribution >= 4 is 16.8 Å². The van der Waals surface area contributed by atoms with Crippen LogP contribution in [0.3, 0.4) is 0 Å². The number of nitrogens with one attached hydrogen (secondary N) is 1. The second kappa shape index (κ2) is 7.69. The molecule has 1 aromatic carbocycles. The summed E-state index contributed by atoms with van der Waals surface area (Å²) in [4.78, 5) is 31.5. The number of rotatable bonds is 4. The van der Waals surface area contributed by atoms with Gasteiger partial charge in [0.1, 0.15) is 13.2 Å². The van der Waals surface area contributed by atoms with Gasteiger partial charge in [0.15, 0.2) is 11.5 Å². The zero-order valence-corrected chi connectivity index (χ0v) is 15.5. The maximum Gasteiger partial charge on any atom is 0.471 e. The Kier molecular flexibility index (Phi) is 5.06. The van der Waals surface area contributed by atoms with Gasteiger partial charge in [0.05, 0.1) is 12.1 Å². The molecule has 156 valence electrons. The van der Waals surface area contributed by atoms with E-state index in [0.717, 1.165) is 0 Å². The summed E-state index contributed by atoms with van der Waals surface area (Å²) >= 11 is 0. The van der Waals surface area contributed by atoms with Gasteiger partial charge in [0.25, 0.3) is 5.56 Å². The van der Waals surface area contributed by atoms with E-state index in [1.165, 1.54) is 18.5 Å². The molecule has 0 atom stereocenters. The van der Waals surface area contributed by atoms with Crippen molar-refractivity contribution < 1.29 is 27.4 Å². The van der Waals surface area contributed by atoms with Crippen molar-refractivity contribution in [2.45, 2.75) is 19.3 Å². The van der Waals surface area contributed by atoms with E-state index in [0.29, 0.717) is 46.1 Å². The first kappa shape index (κ1) is 19.7.